The molecule has 0 bridgehead atoms. The molecule has 0 aliphatic carbocycles. The van der Waals surface area contributed by atoms with Crippen LogP contribution in [0.3, 0.4) is 0 Å². The molecule has 2 fully saturated rings. The van der Waals surface area contributed by atoms with Gasteiger partial charge in [0.25, 0.3) is 0 Å². The molecular weight excluding hydrogens is 474 g/mol. The Bertz CT molecular complexity index is 1170. The van der Waals surface area contributed by atoms with Crippen LogP contribution in [-0.2, 0) is 6.54 Å². The number of anilines is 1. The summed E-state index contributed by atoms with van der Waals surface area (Å²) in [5.41, 5.74) is 5.25. The van der Waals surface area contributed by atoms with Crippen LogP contribution in [0.15, 0.2) is 42.7 Å². The van der Waals surface area contributed by atoms with E-state index in [-0.39, 0.29) is 0 Å². The summed E-state index contributed by atoms with van der Waals surface area (Å²) in [6.07, 6.45) is 7.99. The minimum absolute atomic E-state index is 0.462. The molecule has 3 heterocycles. The molecule has 0 unspecified atom stereocenters. The van der Waals surface area contributed by atoms with Crippen molar-refractivity contribution in [2.24, 2.45) is 0 Å². The molecule has 2 aliphatic heterocycles. The SMILES string of the molecule is COc1cc(N2CCN3[C@@H](CCC[C@@H]3c3ccc(OCCCn4nccn4)c(C)c3C)C2)ccc1Cl. The number of nitrogens with zero attached hydrogens (tertiary/aromatic N) is 5. The normalized spacial score (nSPS) is 20.3. The van der Waals surface area contributed by atoms with Crippen LogP contribution in [0.25, 0.3) is 0 Å². The Labute approximate surface area is 218 Å². The van der Waals surface area contributed by atoms with Gasteiger partial charge in [-0.15, -0.1) is 0 Å². The van der Waals surface area contributed by atoms with Crippen molar-refractivity contribution in [3.63, 3.8) is 0 Å². The third-order valence-electron chi connectivity index (χ3n) is 7.81. The van der Waals surface area contributed by atoms with Crippen LogP contribution in [-0.4, -0.2) is 59.3 Å². The van der Waals surface area contributed by atoms with E-state index in [4.69, 9.17) is 21.1 Å². The number of ether oxygens (including phenoxy) is 2. The number of rotatable bonds is 8. The lowest BCUT2D eigenvalue weighted by molar-refractivity contribution is 0.0712. The fraction of sp³-hybridized carbons (Fsp3) is 0.500. The van der Waals surface area contributed by atoms with Gasteiger partial charge in [-0.1, -0.05) is 17.7 Å². The topological polar surface area (TPSA) is 55.7 Å². The van der Waals surface area contributed by atoms with Crippen molar-refractivity contribution < 1.29 is 9.47 Å². The number of aryl methyl sites for hydroxylation is 1. The maximum atomic E-state index is 6.26. The summed E-state index contributed by atoms with van der Waals surface area (Å²) >= 11 is 6.26. The van der Waals surface area contributed by atoms with E-state index >= 15 is 0 Å². The molecular formula is C28H36ClN5O2. The number of hydrogen-bond acceptors (Lipinski definition) is 6. The van der Waals surface area contributed by atoms with Crippen LogP contribution < -0.4 is 14.4 Å². The quantitative estimate of drug-likeness (QED) is 0.377. The molecule has 2 aromatic carbocycles. The number of hydrogen-bond donors (Lipinski definition) is 0. The molecule has 36 heavy (non-hydrogen) atoms. The second-order valence-electron chi connectivity index (χ2n) is 9.83. The van der Waals surface area contributed by atoms with E-state index in [0.29, 0.717) is 23.7 Å². The minimum Gasteiger partial charge on any atom is -0.495 e. The highest BCUT2D eigenvalue weighted by Gasteiger charge is 2.36. The van der Waals surface area contributed by atoms with Gasteiger partial charge in [-0.05, 0) is 68.0 Å². The lowest BCUT2D eigenvalue weighted by Gasteiger charge is -2.49. The molecule has 2 atom stereocenters. The highest BCUT2D eigenvalue weighted by atomic mass is 35.5. The summed E-state index contributed by atoms with van der Waals surface area (Å²) in [4.78, 5) is 6.93. The fourth-order valence-electron chi connectivity index (χ4n) is 5.74. The number of aromatic nitrogens is 3. The molecule has 1 aromatic heterocycles. The third kappa shape index (κ3) is 5.18. The number of methoxy groups -OCH3 is 1. The monoisotopic (exact) mass is 509 g/mol. The average Bonchev–Trinajstić information content (AvgIpc) is 3.42. The molecule has 7 nitrogen and oxygen atoms in total. The first-order chi connectivity index (χ1) is 17.5. The molecule has 0 N–H and O–H groups in total. The van der Waals surface area contributed by atoms with Crippen molar-refractivity contribution in [2.75, 3.05) is 38.3 Å². The van der Waals surface area contributed by atoms with Gasteiger partial charge in [-0.3, -0.25) is 4.90 Å². The predicted molar refractivity (Wildman–Crippen MR) is 143 cm³/mol. The van der Waals surface area contributed by atoms with E-state index < -0.39 is 0 Å². The van der Waals surface area contributed by atoms with E-state index in [9.17, 15) is 0 Å². The first-order valence-corrected chi connectivity index (χ1v) is 13.3. The zero-order chi connectivity index (χ0) is 25.1. The van der Waals surface area contributed by atoms with Crippen LogP contribution in [0.5, 0.6) is 11.5 Å². The molecule has 0 radical (unpaired) electrons. The molecule has 0 spiro atoms. The Kier molecular flexibility index (Phi) is 7.67. The first kappa shape index (κ1) is 24.9. The van der Waals surface area contributed by atoms with Crippen LogP contribution in [0, 0.1) is 13.8 Å². The molecule has 3 aromatic rings. The van der Waals surface area contributed by atoms with Crippen molar-refractivity contribution in [1.82, 2.24) is 19.9 Å². The van der Waals surface area contributed by atoms with Crippen LogP contribution >= 0.6 is 11.6 Å². The van der Waals surface area contributed by atoms with Gasteiger partial charge in [0.05, 0.1) is 37.7 Å². The zero-order valence-corrected chi connectivity index (χ0v) is 22.2. The van der Waals surface area contributed by atoms with Gasteiger partial charge in [0.1, 0.15) is 11.5 Å². The van der Waals surface area contributed by atoms with Gasteiger partial charge in [0, 0.05) is 49.9 Å². The number of piperidine rings is 1. The van der Waals surface area contributed by atoms with Crippen molar-refractivity contribution in [3.05, 3.63) is 64.4 Å². The van der Waals surface area contributed by atoms with Gasteiger partial charge >= 0.3 is 0 Å². The van der Waals surface area contributed by atoms with E-state index in [1.54, 1.807) is 24.3 Å². The lowest BCUT2D eigenvalue weighted by atomic mass is 9.86. The maximum absolute atomic E-state index is 6.26. The summed E-state index contributed by atoms with van der Waals surface area (Å²) in [5, 5.41) is 8.96. The minimum atomic E-state index is 0.462. The van der Waals surface area contributed by atoms with E-state index in [1.807, 2.05) is 6.07 Å². The Morgan fingerprint density at radius 1 is 1.00 bits per heavy atom. The zero-order valence-electron chi connectivity index (χ0n) is 21.5. The Morgan fingerprint density at radius 3 is 2.64 bits per heavy atom. The first-order valence-electron chi connectivity index (χ1n) is 13.0. The lowest BCUT2D eigenvalue weighted by Crippen LogP contribution is -2.56. The second-order valence-corrected chi connectivity index (χ2v) is 10.2. The Balaban J connectivity index is 1.25. The number of piperazine rings is 1. The summed E-state index contributed by atoms with van der Waals surface area (Å²) in [5.74, 6) is 1.73. The van der Waals surface area contributed by atoms with Gasteiger partial charge in [0.2, 0.25) is 0 Å². The summed E-state index contributed by atoms with van der Waals surface area (Å²) < 4.78 is 11.6. The number of halogens is 1. The van der Waals surface area contributed by atoms with E-state index in [0.717, 1.165) is 44.1 Å². The summed E-state index contributed by atoms with van der Waals surface area (Å²) in [6, 6.07) is 11.6. The third-order valence-corrected chi connectivity index (χ3v) is 8.12. The summed E-state index contributed by atoms with van der Waals surface area (Å²) in [6.45, 7) is 8.96. The second kappa shape index (κ2) is 11.1. The average molecular weight is 510 g/mol. The predicted octanol–water partition coefficient (Wildman–Crippen LogP) is 5.44. The molecule has 5 rings (SSSR count). The van der Waals surface area contributed by atoms with Gasteiger partial charge in [-0.25, -0.2) is 0 Å². The van der Waals surface area contributed by atoms with Crippen molar-refractivity contribution in [1.29, 1.82) is 0 Å². The van der Waals surface area contributed by atoms with E-state index in [1.165, 1.54) is 41.6 Å². The van der Waals surface area contributed by atoms with Crippen LogP contribution in [0.2, 0.25) is 5.02 Å². The van der Waals surface area contributed by atoms with Gasteiger partial charge in [-0.2, -0.15) is 15.0 Å². The Hall–Kier alpha value is -2.77. The molecule has 192 valence electrons. The maximum Gasteiger partial charge on any atom is 0.139 e. The number of benzene rings is 2. The molecule has 8 heteroatoms. The van der Waals surface area contributed by atoms with E-state index in [2.05, 4.69) is 58.1 Å². The largest absolute Gasteiger partial charge is 0.495 e. The molecule has 2 aliphatic rings. The smallest absolute Gasteiger partial charge is 0.139 e. The van der Waals surface area contributed by atoms with Gasteiger partial charge in [0.15, 0.2) is 0 Å². The van der Waals surface area contributed by atoms with Crippen molar-refractivity contribution >= 4 is 17.3 Å². The Morgan fingerprint density at radius 2 is 1.83 bits per heavy atom. The molecule has 0 saturated carbocycles. The highest BCUT2D eigenvalue weighted by molar-refractivity contribution is 6.32. The van der Waals surface area contributed by atoms with Crippen LogP contribution in [0.4, 0.5) is 5.69 Å². The summed E-state index contributed by atoms with van der Waals surface area (Å²) in [7, 11) is 1.67. The number of fused-ring (bicyclic) bond motifs is 1. The van der Waals surface area contributed by atoms with Crippen LogP contribution in [0.1, 0.15) is 48.4 Å². The van der Waals surface area contributed by atoms with Crippen molar-refractivity contribution in [2.45, 2.75) is 58.2 Å². The molecule has 2 saturated heterocycles. The molecule has 0 amide bonds. The van der Waals surface area contributed by atoms with Gasteiger partial charge < -0.3 is 14.4 Å². The standard InChI is InChI=1S/C28H36ClN5O2/c1-20-21(2)27(36-17-5-14-34-30-12-13-31-34)11-9-24(20)26-7-4-6-23-19-32(15-16-33(23)26)22-8-10-25(29)28(18-22)35-3/h8-13,18,23,26H,4-7,14-17,19H2,1-3H3/t23-,26+/m0/s1. The highest BCUT2D eigenvalue weighted by Crippen LogP contribution is 2.40. The van der Waals surface area contributed by atoms with Crippen molar-refractivity contribution in [3.8, 4) is 11.5 Å². The fourth-order valence-corrected chi connectivity index (χ4v) is 5.94.